The molecule has 1 amide bonds. The van der Waals surface area contributed by atoms with Gasteiger partial charge < -0.3 is 4.90 Å². The number of hydrogen-bond acceptors (Lipinski definition) is 3. The van der Waals surface area contributed by atoms with Gasteiger partial charge in [-0.25, -0.2) is 0 Å². The Morgan fingerprint density at radius 3 is 2.56 bits per heavy atom. The van der Waals surface area contributed by atoms with Crippen molar-refractivity contribution >= 4 is 33.2 Å². The molecule has 0 radical (unpaired) electrons. The zero-order valence-corrected chi connectivity index (χ0v) is 17.1. The summed E-state index contributed by atoms with van der Waals surface area (Å²) in [6.07, 6.45) is 3.27. The average Bonchev–Trinajstić information content (AvgIpc) is 3.06. The van der Waals surface area contributed by atoms with Gasteiger partial charge in [-0.15, -0.1) is 11.3 Å². The zero-order valence-electron chi connectivity index (χ0n) is 14.7. The van der Waals surface area contributed by atoms with Crippen LogP contribution in [0, 0.1) is 0 Å². The number of hydrogen-bond donors (Lipinski definition) is 0. The van der Waals surface area contributed by atoms with Gasteiger partial charge in [-0.2, -0.15) is 0 Å². The molecule has 1 aliphatic heterocycles. The Balaban J connectivity index is 1.59. The number of carbonyl (C=O) groups excluding carboxylic acids is 1. The van der Waals surface area contributed by atoms with Crippen LogP contribution in [0.3, 0.4) is 0 Å². The molecule has 0 spiro atoms. The third kappa shape index (κ3) is 4.72. The molecule has 0 unspecified atom stereocenters. The number of halogens is 1. The Morgan fingerprint density at radius 1 is 1.24 bits per heavy atom. The van der Waals surface area contributed by atoms with Gasteiger partial charge in [0.25, 0.3) is 5.91 Å². The predicted octanol–water partition coefficient (Wildman–Crippen LogP) is 5.03. The van der Waals surface area contributed by atoms with Crippen LogP contribution in [0.2, 0.25) is 0 Å². The number of benzene rings is 1. The Hall–Kier alpha value is -1.17. The minimum Gasteiger partial charge on any atom is -0.339 e. The summed E-state index contributed by atoms with van der Waals surface area (Å²) in [5, 5.41) is 2.14. The standard InChI is InChI=1S/C20H25BrN2OS/c1-2-11-23(15-19-18(21)10-14-25-19)17-8-12-22(13-9-17)20(24)16-6-4-3-5-7-16/h3-7,10,14,17H,2,8-9,11-13,15H2,1H3. The molecule has 0 atom stereocenters. The summed E-state index contributed by atoms with van der Waals surface area (Å²) in [5.74, 6) is 0.169. The average molecular weight is 421 g/mol. The molecule has 1 aromatic carbocycles. The lowest BCUT2D eigenvalue weighted by Crippen LogP contribution is -2.46. The summed E-state index contributed by atoms with van der Waals surface area (Å²) in [7, 11) is 0. The predicted molar refractivity (Wildman–Crippen MR) is 108 cm³/mol. The molecule has 1 aliphatic rings. The van der Waals surface area contributed by atoms with E-state index in [4.69, 9.17) is 0 Å². The Morgan fingerprint density at radius 2 is 1.96 bits per heavy atom. The molecular formula is C20H25BrN2OS. The number of thiophene rings is 1. The summed E-state index contributed by atoms with van der Waals surface area (Å²) >= 11 is 5.47. The van der Waals surface area contributed by atoms with Gasteiger partial charge in [0.15, 0.2) is 0 Å². The smallest absolute Gasteiger partial charge is 0.253 e. The fraction of sp³-hybridized carbons (Fsp3) is 0.450. The maximum atomic E-state index is 12.6. The van der Waals surface area contributed by atoms with E-state index in [2.05, 4.69) is 39.2 Å². The topological polar surface area (TPSA) is 23.6 Å². The van der Waals surface area contributed by atoms with Gasteiger partial charge in [-0.3, -0.25) is 9.69 Å². The Kier molecular flexibility index (Phi) is 6.68. The second-order valence-electron chi connectivity index (χ2n) is 6.55. The summed E-state index contributed by atoms with van der Waals surface area (Å²) < 4.78 is 1.22. The summed E-state index contributed by atoms with van der Waals surface area (Å²) in [5.41, 5.74) is 0.800. The second-order valence-corrected chi connectivity index (χ2v) is 8.41. The first-order valence-electron chi connectivity index (χ1n) is 8.99. The minimum absolute atomic E-state index is 0.169. The first kappa shape index (κ1) is 18.6. The lowest BCUT2D eigenvalue weighted by molar-refractivity contribution is 0.0608. The van der Waals surface area contributed by atoms with E-state index < -0.39 is 0 Å². The van der Waals surface area contributed by atoms with Crippen LogP contribution in [-0.2, 0) is 6.54 Å². The maximum Gasteiger partial charge on any atom is 0.253 e. The number of piperidine rings is 1. The molecule has 2 heterocycles. The normalized spacial score (nSPS) is 15.7. The number of likely N-dealkylation sites (tertiary alicyclic amines) is 1. The molecule has 5 heteroatoms. The first-order chi connectivity index (χ1) is 12.2. The number of amides is 1. The van der Waals surface area contributed by atoms with Crippen molar-refractivity contribution in [3.8, 4) is 0 Å². The van der Waals surface area contributed by atoms with Crippen molar-refractivity contribution in [3.63, 3.8) is 0 Å². The van der Waals surface area contributed by atoms with Crippen molar-refractivity contribution in [2.24, 2.45) is 0 Å². The zero-order chi connectivity index (χ0) is 17.6. The van der Waals surface area contributed by atoms with Crippen LogP contribution in [0.4, 0.5) is 0 Å². The van der Waals surface area contributed by atoms with Crippen LogP contribution in [0.25, 0.3) is 0 Å². The Bertz CT molecular complexity index is 680. The van der Waals surface area contributed by atoms with E-state index in [0.717, 1.165) is 51.0 Å². The van der Waals surface area contributed by atoms with Crippen LogP contribution in [0.1, 0.15) is 41.4 Å². The maximum absolute atomic E-state index is 12.6. The van der Waals surface area contributed by atoms with E-state index in [0.29, 0.717) is 6.04 Å². The first-order valence-corrected chi connectivity index (χ1v) is 10.7. The fourth-order valence-electron chi connectivity index (χ4n) is 3.50. The third-order valence-corrected chi connectivity index (χ3v) is 6.75. The van der Waals surface area contributed by atoms with Crippen LogP contribution in [0.5, 0.6) is 0 Å². The van der Waals surface area contributed by atoms with Crippen molar-refractivity contribution in [1.82, 2.24) is 9.80 Å². The van der Waals surface area contributed by atoms with E-state index in [1.165, 1.54) is 9.35 Å². The highest BCUT2D eigenvalue weighted by molar-refractivity contribution is 9.10. The van der Waals surface area contributed by atoms with Crippen molar-refractivity contribution in [1.29, 1.82) is 0 Å². The second kappa shape index (κ2) is 8.97. The molecule has 2 aromatic rings. The van der Waals surface area contributed by atoms with E-state index in [9.17, 15) is 4.79 Å². The minimum atomic E-state index is 0.169. The third-order valence-electron chi connectivity index (χ3n) is 4.84. The molecule has 25 heavy (non-hydrogen) atoms. The molecule has 3 nitrogen and oxygen atoms in total. The van der Waals surface area contributed by atoms with Crippen LogP contribution >= 0.6 is 27.3 Å². The lowest BCUT2D eigenvalue weighted by atomic mass is 10.0. The number of nitrogens with zero attached hydrogens (tertiary/aromatic N) is 2. The van der Waals surface area contributed by atoms with Gasteiger partial charge in [0.1, 0.15) is 0 Å². The van der Waals surface area contributed by atoms with Gasteiger partial charge in [-0.1, -0.05) is 25.1 Å². The highest BCUT2D eigenvalue weighted by Gasteiger charge is 2.27. The van der Waals surface area contributed by atoms with Crippen molar-refractivity contribution in [3.05, 3.63) is 56.7 Å². The summed E-state index contributed by atoms with van der Waals surface area (Å²) in [4.78, 5) is 18.6. The summed E-state index contributed by atoms with van der Waals surface area (Å²) in [6, 6.07) is 12.3. The molecule has 0 N–H and O–H groups in total. The molecule has 1 fully saturated rings. The van der Waals surface area contributed by atoms with E-state index in [-0.39, 0.29) is 5.91 Å². The molecule has 1 aromatic heterocycles. The van der Waals surface area contributed by atoms with Crippen LogP contribution < -0.4 is 0 Å². The summed E-state index contributed by atoms with van der Waals surface area (Å²) in [6.45, 7) is 6.06. The molecule has 0 saturated carbocycles. The highest BCUT2D eigenvalue weighted by Crippen LogP contribution is 2.27. The van der Waals surface area contributed by atoms with Gasteiger partial charge in [0.05, 0.1) is 0 Å². The quantitative estimate of drug-likeness (QED) is 0.654. The van der Waals surface area contributed by atoms with Gasteiger partial charge in [0, 0.05) is 40.6 Å². The van der Waals surface area contributed by atoms with Gasteiger partial charge in [-0.05, 0) is 65.3 Å². The van der Waals surface area contributed by atoms with E-state index in [1.807, 2.05) is 46.6 Å². The van der Waals surface area contributed by atoms with Crippen molar-refractivity contribution in [2.45, 2.75) is 38.8 Å². The largest absolute Gasteiger partial charge is 0.339 e. The van der Waals surface area contributed by atoms with Crippen LogP contribution in [0.15, 0.2) is 46.3 Å². The fourth-order valence-corrected chi connectivity index (χ4v) is 5.00. The van der Waals surface area contributed by atoms with Crippen LogP contribution in [-0.4, -0.2) is 41.4 Å². The number of rotatable bonds is 6. The van der Waals surface area contributed by atoms with Crippen molar-refractivity contribution in [2.75, 3.05) is 19.6 Å². The van der Waals surface area contributed by atoms with Gasteiger partial charge in [0.2, 0.25) is 0 Å². The molecule has 1 saturated heterocycles. The number of carbonyl (C=O) groups is 1. The molecule has 134 valence electrons. The SMILES string of the molecule is CCCN(Cc1sccc1Br)C1CCN(C(=O)c2ccccc2)CC1. The molecule has 0 aliphatic carbocycles. The van der Waals surface area contributed by atoms with E-state index >= 15 is 0 Å². The molecular weight excluding hydrogens is 396 g/mol. The lowest BCUT2D eigenvalue weighted by Gasteiger charge is -2.38. The highest BCUT2D eigenvalue weighted by atomic mass is 79.9. The molecule has 0 bridgehead atoms. The van der Waals surface area contributed by atoms with Crippen molar-refractivity contribution < 1.29 is 4.79 Å². The molecule has 3 rings (SSSR count). The Labute approximate surface area is 162 Å². The van der Waals surface area contributed by atoms with E-state index in [1.54, 1.807) is 0 Å². The van der Waals surface area contributed by atoms with Gasteiger partial charge >= 0.3 is 0 Å². The monoisotopic (exact) mass is 420 g/mol.